The highest BCUT2D eigenvalue weighted by Crippen LogP contribution is 2.26. The van der Waals surface area contributed by atoms with Gasteiger partial charge in [0.1, 0.15) is 18.4 Å². The highest BCUT2D eigenvalue weighted by Gasteiger charge is 2.12. The molecule has 0 spiro atoms. The summed E-state index contributed by atoms with van der Waals surface area (Å²) in [5.74, 6) is -0.366. The fourth-order valence-electron chi connectivity index (χ4n) is 1.69. The largest absolute Gasteiger partial charge is 0.486 e. The number of para-hydroxylation sites is 1. The Morgan fingerprint density at radius 2 is 2.20 bits per heavy atom. The molecule has 0 atom stereocenters. The predicted octanol–water partition coefficient (Wildman–Crippen LogP) is 1.21. The second kappa shape index (κ2) is 5.71. The van der Waals surface area contributed by atoms with E-state index in [0.29, 0.717) is 11.4 Å². The molecule has 100 valence electrons. The van der Waals surface area contributed by atoms with Crippen LogP contribution in [0.4, 0.5) is 5.69 Å². The number of carbonyl (C=O) groups excluding carboxylic acids is 1. The number of anilines is 1. The van der Waals surface area contributed by atoms with E-state index >= 15 is 0 Å². The van der Waals surface area contributed by atoms with E-state index in [1.807, 2.05) is 6.07 Å². The van der Waals surface area contributed by atoms with Crippen molar-refractivity contribution in [3.05, 3.63) is 53.3 Å². The summed E-state index contributed by atoms with van der Waals surface area (Å²) in [5.41, 5.74) is 12.6. The molecule has 0 bridgehead atoms. The third-order valence-corrected chi connectivity index (χ3v) is 2.63. The predicted molar refractivity (Wildman–Crippen MR) is 72.7 cm³/mol. The first-order chi connectivity index (χ1) is 9.61. The molecule has 6 heteroatoms. The Morgan fingerprint density at radius 1 is 1.40 bits per heavy atom. The van der Waals surface area contributed by atoms with Gasteiger partial charge in [0, 0.05) is 6.20 Å². The van der Waals surface area contributed by atoms with E-state index in [1.54, 1.807) is 30.3 Å². The fraction of sp³-hybridized carbons (Fsp3) is 0.0714. The number of hydrogen-bond donors (Lipinski definition) is 2. The van der Waals surface area contributed by atoms with Gasteiger partial charge < -0.3 is 16.2 Å². The van der Waals surface area contributed by atoms with Crippen LogP contribution in [-0.4, -0.2) is 10.9 Å². The van der Waals surface area contributed by atoms with Crippen LogP contribution in [0.1, 0.15) is 21.6 Å². The summed E-state index contributed by atoms with van der Waals surface area (Å²) >= 11 is 0. The number of aromatic nitrogens is 1. The number of benzene rings is 1. The minimum absolute atomic E-state index is 0.158. The van der Waals surface area contributed by atoms with E-state index in [1.165, 1.54) is 6.20 Å². The lowest BCUT2D eigenvalue weighted by Crippen LogP contribution is -2.14. The number of ether oxygens (including phenoxy) is 1. The number of primary amides is 1. The fourth-order valence-corrected chi connectivity index (χ4v) is 1.69. The van der Waals surface area contributed by atoms with E-state index in [4.69, 9.17) is 21.5 Å². The van der Waals surface area contributed by atoms with Crippen LogP contribution in [0.2, 0.25) is 0 Å². The number of pyridine rings is 1. The zero-order valence-corrected chi connectivity index (χ0v) is 10.5. The number of amides is 1. The molecule has 1 heterocycles. The smallest absolute Gasteiger partial charge is 0.252 e. The third-order valence-electron chi connectivity index (χ3n) is 2.63. The van der Waals surface area contributed by atoms with Crippen molar-refractivity contribution in [1.82, 2.24) is 4.98 Å². The molecule has 6 nitrogen and oxygen atoms in total. The Balaban J connectivity index is 2.23. The van der Waals surface area contributed by atoms with Crippen LogP contribution in [0.3, 0.4) is 0 Å². The van der Waals surface area contributed by atoms with Gasteiger partial charge in [-0.05, 0) is 29.8 Å². The number of nitrogens with zero attached hydrogens (tertiary/aromatic N) is 2. The summed E-state index contributed by atoms with van der Waals surface area (Å²) in [6, 6.07) is 10.0. The maximum atomic E-state index is 11.3. The van der Waals surface area contributed by atoms with Crippen LogP contribution >= 0.6 is 0 Å². The monoisotopic (exact) mass is 268 g/mol. The first kappa shape index (κ1) is 13.4. The van der Waals surface area contributed by atoms with E-state index in [0.717, 1.165) is 5.56 Å². The summed E-state index contributed by atoms with van der Waals surface area (Å²) in [7, 11) is 0. The van der Waals surface area contributed by atoms with Crippen molar-refractivity contribution in [3.8, 4) is 11.8 Å². The second-order valence-corrected chi connectivity index (χ2v) is 4.04. The number of hydrogen-bond acceptors (Lipinski definition) is 5. The van der Waals surface area contributed by atoms with Crippen molar-refractivity contribution in [1.29, 1.82) is 5.26 Å². The maximum Gasteiger partial charge on any atom is 0.252 e. The number of nitriles is 1. The first-order valence-electron chi connectivity index (χ1n) is 5.78. The van der Waals surface area contributed by atoms with Gasteiger partial charge >= 0.3 is 0 Å². The summed E-state index contributed by atoms with van der Waals surface area (Å²) in [6.45, 7) is 0.158. The molecule has 0 radical (unpaired) electrons. The van der Waals surface area contributed by atoms with Crippen LogP contribution in [0.5, 0.6) is 5.75 Å². The number of carbonyl (C=O) groups is 1. The molecule has 0 aliphatic carbocycles. The summed E-state index contributed by atoms with van der Waals surface area (Å²) in [5, 5.41) is 8.77. The molecule has 1 amide bonds. The standard InChI is InChI=1S/C14H12N4O2/c15-7-10-6-9(4-5-18-10)8-20-13-11(14(17)19)2-1-3-12(13)16/h1-6H,8,16H2,(H2,17,19). The van der Waals surface area contributed by atoms with Crippen molar-refractivity contribution in [2.24, 2.45) is 5.73 Å². The molecule has 0 aliphatic heterocycles. The van der Waals surface area contributed by atoms with Gasteiger partial charge in [0.25, 0.3) is 5.91 Å². The molecule has 2 aromatic rings. The van der Waals surface area contributed by atoms with Crippen molar-refractivity contribution in [2.45, 2.75) is 6.61 Å². The molecule has 0 saturated carbocycles. The molecule has 20 heavy (non-hydrogen) atoms. The minimum Gasteiger partial charge on any atom is -0.486 e. The van der Waals surface area contributed by atoms with Gasteiger partial charge in [-0.2, -0.15) is 5.26 Å². The van der Waals surface area contributed by atoms with E-state index in [-0.39, 0.29) is 17.9 Å². The van der Waals surface area contributed by atoms with Gasteiger partial charge in [-0.15, -0.1) is 0 Å². The lowest BCUT2D eigenvalue weighted by molar-refractivity contribution is 0.0996. The molecule has 2 rings (SSSR count). The lowest BCUT2D eigenvalue weighted by atomic mass is 10.1. The highest BCUT2D eigenvalue weighted by molar-refractivity contribution is 5.97. The van der Waals surface area contributed by atoms with Crippen LogP contribution in [0, 0.1) is 11.3 Å². The van der Waals surface area contributed by atoms with Crippen LogP contribution in [0.25, 0.3) is 0 Å². The maximum absolute atomic E-state index is 11.3. The molecular formula is C14H12N4O2. The van der Waals surface area contributed by atoms with Crippen LogP contribution in [-0.2, 0) is 6.61 Å². The number of nitrogen functional groups attached to an aromatic ring is 1. The van der Waals surface area contributed by atoms with Crippen molar-refractivity contribution < 1.29 is 9.53 Å². The van der Waals surface area contributed by atoms with Crippen molar-refractivity contribution in [2.75, 3.05) is 5.73 Å². The average molecular weight is 268 g/mol. The Kier molecular flexibility index (Phi) is 3.82. The average Bonchev–Trinajstić information content (AvgIpc) is 2.45. The number of nitrogens with two attached hydrogens (primary N) is 2. The molecule has 0 unspecified atom stereocenters. The molecule has 1 aromatic carbocycles. The third kappa shape index (κ3) is 2.84. The van der Waals surface area contributed by atoms with E-state index < -0.39 is 5.91 Å². The molecule has 0 saturated heterocycles. The Morgan fingerprint density at radius 3 is 2.90 bits per heavy atom. The molecule has 0 aliphatic rings. The quantitative estimate of drug-likeness (QED) is 0.809. The van der Waals surface area contributed by atoms with Crippen molar-refractivity contribution >= 4 is 11.6 Å². The van der Waals surface area contributed by atoms with Gasteiger partial charge in [0.2, 0.25) is 0 Å². The molecule has 4 N–H and O–H groups in total. The first-order valence-corrected chi connectivity index (χ1v) is 5.78. The van der Waals surface area contributed by atoms with Gasteiger partial charge in [0.15, 0.2) is 5.75 Å². The summed E-state index contributed by atoms with van der Waals surface area (Å²) in [6.07, 6.45) is 1.51. The van der Waals surface area contributed by atoms with Gasteiger partial charge in [0.05, 0.1) is 11.3 Å². The molecule has 1 aromatic heterocycles. The zero-order chi connectivity index (χ0) is 14.5. The Bertz CT molecular complexity index is 692. The minimum atomic E-state index is -0.611. The van der Waals surface area contributed by atoms with Gasteiger partial charge in [-0.1, -0.05) is 6.07 Å². The van der Waals surface area contributed by atoms with Gasteiger partial charge in [-0.3, -0.25) is 4.79 Å². The second-order valence-electron chi connectivity index (χ2n) is 4.04. The Hall–Kier alpha value is -3.07. The van der Waals surface area contributed by atoms with Crippen LogP contribution < -0.4 is 16.2 Å². The SMILES string of the molecule is N#Cc1cc(COc2c(N)cccc2C(N)=O)ccn1. The van der Waals surface area contributed by atoms with E-state index in [2.05, 4.69) is 4.98 Å². The van der Waals surface area contributed by atoms with E-state index in [9.17, 15) is 4.79 Å². The lowest BCUT2D eigenvalue weighted by Gasteiger charge is -2.12. The normalized spacial score (nSPS) is 9.75. The topological polar surface area (TPSA) is 115 Å². The van der Waals surface area contributed by atoms with Gasteiger partial charge in [-0.25, -0.2) is 4.98 Å². The highest BCUT2D eigenvalue weighted by atomic mass is 16.5. The zero-order valence-electron chi connectivity index (χ0n) is 10.5. The summed E-state index contributed by atoms with van der Waals surface area (Å²) < 4.78 is 5.55. The molecular weight excluding hydrogens is 256 g/mol. The number of rotatable bonds is 4. The molecule has 0 fully saturated rings. The van der Waals surface area contributed by atoms with Crippen LogP contribution in [0.15, 0.2) is 36.5 Å². The Labute approximate surface area is 115 Å². The van der Waals surface area contributed by atoms with Crippen molar-refractivity contribution in [3.63, 3.8) is 0 Å². The summed E-state index contributed by atoms with van der Waals surface area (Å²) in [4.78, 5) is 15.2.